The highest BCUT2D eigenvalue weighted by molar-refractivity contribution is 6.23. The van der Waals surface area contributed by atoms with Crippen LogP contribution in [0.15, 0.2) is 0 Å². The zero-order valence-corrected chi connectivity index (χ0v) is 6.13. The summed E-state index contributed by atoms with van der Waals surface area (Å²) in [6, 6.07) is 0. The molecule has 0 saturated heterocycles. The zero-order valence-electron chi connectivity index (χ0n) is 4.62. The standard InChI is InChI=1S/C5H10Cl2/c1-4(6)3-5(2)7/h4-5H,3H2,1-2H3/t4-,5-/m1/s1. The van der Waals surface area contributed by atoms with Gasteiger partial charge in [0, 0.05) is 10.8 Å². The fourth-order valence-electron chi connectivity index (χ4n) is 0.448. The monoisotopic (exact) mass is 140 g/mol. The van der Waals surface area contributed by atoms with Crippen LogP contribution in [0.2, 0.25) is 0 Å². The van der Waals surface area contributed by atoms with Crippen LogP contribution < -0.4 is 0 Å². The number of alkyl halides is 2. The van der Waals surface area contributed by atoms with Crippen LogP contribution in [0.3, 0.4) is 0 Å². The van der Waals surface area contributed by atoms with Gasteiger partial charge in [-0.2, -0.15) is 0 Å². The molecule has 0 aliphatic heterocycles. The van der Waals surface area contributed by atoms with Crippen molar-refractivity contribution in [3.05, 3.63) is 0 Å². The first-order valence-corrected chi connectivity index (χ1v) is 3.28. The highest BCUT2D eigenvalue weighted by Crippen LogP contribution is 2.08. The Morgan fingerprint density at radius 2 is 1.43 bits per heavy atom. The van der Waals surface area contributed by atoms with Crippen LogP contribution in [0.1, 0.15) is 20.3 Å². The van der Waals surface area contributed by atoms with E-state index in [4.69, 9.17) is 23.2 Å². The first-order chi connectivity index (χ1) is 3.13. The van der Waals surface area contributed by atoms with E-state index >= 15 is 0 Å². The van der Waals surface area contributed by atoms with Crippen LogP contribution in [-0.2, 0) is 0 Å². The van der Waals surface area contributed by atoms with Gasteiger partial charge in [0.1, 0.15) is 0 Å². The van der Waals surface area contributed by atoms with Crippen LogP contribution in [-0.4, -0.2) is 10.8 Å². The molecule has 0 saturated carbocycles. The minimum atomic E-state index is 0.215. The van der Waals surface area contributed by atoms with E-state index < -0.39 is 0 Å². The molecular formula is C5H10Cl2. The predicted octanol–water partition coefficient (Wildman–Crippen LogP) is 2.63. The fraction of sp³-hybridized carbons (Fsp3) is 1.00. The Kier molecular flexibility index (Phi) is 3.86. The Hall–Kier alpha value is 0.580. The fourth-order valence-corrected chi connectivity index (χ4v) is 1.07. The molecule has 0 spiro atoms. The third kappa shape index (κ3) is 6.58. The summed E-state index contributed by atoms with van der Waals surface area (Å²) >= 11 is 11.2. The van der Waals surface area contributed by atoms with Crippen LogP contribution >= 0.6 is 23.2 Å². The van der Waals surface area contributed by atoms with Crippen LogP contribution in [0, 0.1) is 0 Å². The molecule has 0 N–H and O–H groups in total. The van der Waals surface area contributed by atoms with Crippen LogP contribution in [0.25, 0.3) is 0 Å². The van der Waals surface area contributed by atoms with Crippen molar-refractivity contribution in [2.75, 3.05) is 0 Å². The van der Waals surface area contributed by atoms with E-state index in [-0.39, 0.29) is 10.8 Å². The molecule has 0 heterocycles. The first-order valence-electron chi connectivity index (χ1n) is 2.41. The third-order valence-electron chi connectivity index (χ3n) is 0.650. The van der Waals surface area contributed by atoms with Crippen molar-refractivity contribution in [2.45, 2.75) is 31.0 Å². The highest BCUT2D eigenvalue weighted by Gasteiger charge is 1.99. The molecule has 0 aliphatic rings. The molecule has 0 radical (unpaired) electrons. The smallest absolute Gasteiger partial charge is 0.0321 e. The van der Waals surface area contributed by atoms with Gasteiger partial charge in [-0.25, -0.2) is 0 Å². The molecule has 0 aromatic carbocycles. The zero-order chi connectivity index (χ0) is 5.86. The van der Waals surface area contributed by atoms with Gasteiger partial charge in [0.2, 0.25) is 0 Å². The van der Waals surface area contributed by atoms with Crippen LogP contribution in [0.5, 0.6) is 0 Å². The maximum atomic E-state index is 5.59. The van der Waals surface area contributed by atoms with Crippen molar-refractivity contribution < 1.29 is 0 Å². The Bertz CT molecular complexity index is 35.3. The lowest BCUT2D eigenvalue weighted by Gasteiger charge is -2.01. The first kappa shape index (κ1) is 7.58. The summed E-state index contributed by atoms with van der Waals surface area (Å²) in [4.78, 5) is 0. The maximum absolute atomic E-state index is 5.59. The van der Waals surface area contributed by atoms with E-state index in [9.17, 15) is 0 Å². The summed E-state index contributed by atoms with van der Waals surface area (Å²) in [5.41, 5.74) is 0. The molecule has 2 heteroatoms. The van der Waals surface area contributed by atoms with Gasteiger partial charge in [-0.3, -0.25) is 0 Å². The van der Waals surface area contributed by atoms with Crippen molar-refractivity contribution in [3.63, 3.8) is 0 Å². The van der Waals surface area contributed by atoms with Crippen molar-refractivity contribution in [1.29, 1.82) is 0 Å². The summed E-state index contributed by atoms with van der Waals surface area (Å²) in [5, 5.41) is 0.431. The SMILES string of the molecule is C[C@@H](Cl)C[C@@H](C)Cl. The maximum Gasteiger partial charge on any atom is 0.0321 e. The molecule has 2 atom stereocenters. The quantitative estimate of drug-likeness (QED) is 0.518. The van der Waals surface area contributed by atoms with Gasteiger partial charge < -0.3 is 0 Å². The molecule has 0 bridgehead atoms. The van der Waals surface area contributed by atoms with Crippen molar-refractivity contribution in [1.82, 2.24) is 0 Å². The summed E-state index contributed by atoms with van der Waals surface area (Å²) in [6.45, 7) is 3.89. The second kappa shape index (κ2) is 3.57. The lowest BCUT2D eigenvalue weighted by atomic mass is 10.3. The van der Waals surface area contributed by atoms with E-state index in [0.717, 1.165) is 6.42 Å². The highest BCUT2D eigenvalue weighted by atomic mass is 35.5. The van der Waals surface area contributed by atoms with Crippen molar-refractivity contribution in [3.8, 4) is 0 Å². The minimum Gasteiger partial charge on any atom is -0.123 e. The molecule has 0 unspecified atom stereocenters. The van der Waals surface area contributed by atoms with E-state index in [2.05, 4.69) is 0 Å². The van der Waals surface area contributed by atoms with Gasteiger partial charge in [0.25, 0.3) is 0 Å². The van der Waals surface area contributed by atoms with Gasteiger partial charge in [0.05, 0.1) is 0 Å². The van der Waals surface area contributed by atoms with Crippen molar-refractivity contribution in [2.24, 2.45) is 0 Å². The topological polar surface area (TPSA) is 0 Å². The van der Waals surface area contributed by atoms with E-state index in [1.807, 2.05) is 13.8 Å². The van der Waals surface area contributed by atoms with Gasteiger partial charge in [-0.05, 0) is 20.3 Å². The number of hydrogen-bond donors (Lipinski definition) is 0. The van der Waals surface area contributed by atoms with E-state index in [1.165, 1.54) is 0 Å². The van der Waals surface area contributed by atoms with Gasteiger partial charge >= 0.3 is 0 Å². The molecular weight excluding hydrogens is 131 g/mol. The number of halogens is 2. The molecule has 0 amide bonds. The van der Waals surface area contributed by atoms with Gasteiger partial charge in [0.15, 0.2) is 0 Å². The van der Waals surface area contributed by atoms with Crippen molar-refractivity contribution >= 4 is 23.2 Å². The van der Waals surface area contributed by atoms with E-state index in [1.54, 1.807) is 0 Å². The Morgan fingerprint density at radius 1 is 1.14 bits per heavy atom. The van der Waals surface area contributed by atoms with Gasteiger partial charge in [-0.1, -0.05) is 0 Å². The average Bonchev–Trinajstić information content (AvgIpc) is 1.27. The summed E-state index contributed by atoms with van der Waals surface area (Å²) in [7, 11) is 0. The Labute approximate surface area is 54.8 Å². The van der Waals surface area contributed by atoms with Gasteiger partial charge in [-0.15, -0.1) is 23.2 Å². The average molecular weight is 141 g/mol. The molecule has 0 aliphatic carbocycles. The lowest BCUT2D eigenvalue weighted by Crippen LogP contribution is -1.99. The summed E-state index contributed by atoms with van der Waals surface area (Å²) in [6.07, 6.45) is 0.892. The molecule has 0 fully saturated rings. The molecule has 7 heavy (non-hydrogen) atoms. The molecule has 0 nitrogen and oxygen atoms in total. The Balaban J connectivity index is 2.95. The molecule has 0 aromatic heterocycles. The number of rotatable bonds is 2. The predicted molar refractivity (Wildman–Crippen MR) is 35.2 cm³/mol. The third-order valence-corrected chi connectivity index (χ3v) is 1.01. The number of hydrogen-bond acceptors (Lipinski definition) is 0. The second-order valence-corrected chi connectivity index (χ2v) is 3.29. The molecule has 44 valence electrons. The second-order valence-electron chi connectivity index (χ2n) is 1.80. The lowest BCUT2D eigenvalue weighted by molar-refractivity contribution is 0.787. The largest absolute Gasteiger partial charge is 0.123 e. The molecule has 0 rings (SSSR count). The van der Waals surface area contributed by atoms with Crippen LogP contribution in [0.4, 0.5) is 0 Å². The van der Waals surface area contributed by atoms with E-state index in [0.29, 0.717) is 0 Å². The summed E-state index contributed by atoms with van der Waals surface area (Å²) in [5.74, 6) is 0. The minimum absolute atomic E-state index is 0.215. The Morgan fingerprint density at radius 3 is 1.43 bits per heavy atom. The molecule has 0 aromatic rings. The normalized spacial score (nSPS) is 18.9. The summed E-state index contributed by atoms with van der Waals surface area (Å²) < 4.78 is 0.